The highest BCUT2D eigenvalue weighted by Gasteiger charge is 2.16. The molecule has 3 aromatic rings. The van der Waals surface area contributed by atoms with Gasteiger partial charge in [-0.3, -0.25) is 20.2 Å². The second-order valence-corrected chi connectivity index (χ2v) is 5.80. The third kappa shape index (κ3) is 4.42. The molecule has 0 saturated heterocycles. The van der Waals surface area contributed by atoms with Crippen LogP contribution in [0, 0.1) is 20.2 Å². The Morgan fingerprint density at radius 1 is 0.607 bits per heavy atom. The van der Waals surface area contributed by atoms with E-state index in [1.807, 2.05) is 24.3 Å². The van der Waals surface area contributed by atoms with Crippen LogP contribution in [-0.2, 0) is 13.2 Å². The van der Waals surface area contributed by atoms with Crippen LogP contribution in [0.15, 0.2) is 72.8 Å². The third-order valence-electron chi connectivity index (χ3n) is 4.01. The monoisotopic (exact) mass is 380 g/mol. The molecule has 0 atom stereocenters. The van der Waals surface area contributed by atoms with E-state index in [2.05, 4.69) is 0 Å². The van der Waals surface area contributed by atoms with Crippen LogP contribution in [0.4, 0.5) is 11.4 Å². The molecule has 0 radical (unpaired) electrons. The van der Waals surface area contributed by atoms with Crippen molar-refractivity contribution in [2.75, 3.05) is 0 Å². The van der Waals surface area contributed by atoms with Crippen molar-refractivity contribution in [1.82, 2.24) is 0 Å². The lowest BCUT2D eigenvalue weighted by Crippen LogP contribution is -2.05. The highest BCUT2D eigenvalue weighted by Crippen LogP contribution is 2.29. The predicted molar refractivity (Wildman–Crippen MR) is 101 cm³/mol. The van der Waals surface area contributed by atoms with E-state index in [4.69, 9.17) is 9.47 Å². The molecule has 0 fully saturated rings. The van der Waals surface area contributed by atoms with E-state index < -0.39 is 9.85 Å². The Bertz CT molecular complexity index is 925. The molecule has 0 spiro atoms. The van der Waals surface area contributed by atoms with Crippen LogP contribution in [0.3, 0.4) is 0 Å². The van der Waals surface area contributed by atoms with E-state index in [1.165, 1.54) is 24.3 Å². The Morgan fingerprint density at radius 3 is 1.36 bits per heavy atom. The minimum Gasteiger partial charge on any atom is -0.482 e. The van der Waals surface area contributed by atoms with Crippen molar-refractivity contribution < 1.29 is 19.3 Å². The van der Waals surface area contributed by atoms with Gasteiger partial charge < -0.3 is 9.47 Å². The minimum atomic E-state index is -0.501. The molecular weight excluding hydrogens is 364 g/mol. The summed E-state index contributed by atoms with van der Waals surface area (Å²) in [5, 5.41) is 22.2. The Balaban J connectivity index is 1.74. The van der Waals surface area contributed by atoms with Gasteiger partial charge in [-0.15, -0.1) is 0 Å². The number of hydrogen-bond donors (Lipinski definition) is 0. The van der Waals surface area contributed by atoms with E-state index in [0.717, 1.165) is 11.1 Å². The third-order valence-corrected chi connectivity index (χ3v) is 4.01. The minimum absolute atomic E-state index is 0.0985. The molecule has 0 heterocycles. The lowest BCUT2D eigenvalue weighted by Gasteiger charge is -2.12. The number of para-hydroxylation sites is 4. The summed E-state index contributed by atoms with van der Waals surface area (Å²) in [6, 6.07) is 19.5. The Labute approximate surface area is 160 Å². The zero-order valence-corrected chi connectivity index (χ0v) is 14.7. The Hall–Kier alpha value is -3.94. The lowest BCUT2D eigenvalue weighted by atomic mass is 10.1. The number of benzene rings is 3. The summed E-state index contributed by atoms with van der Waals surface area (Å²) < 4.78 is 11.3. The molecular formula is C20H16N2O6. The van der Waals surface area contributed by atoms with Gasteiger partial charge >= 0.3 is 11.4 Å². The van der Waals surface area contributed by atoms with Gasteiger partial charge in [0.15, 0.2) is 11.5 Å². The molecule has 0 unspecified atom stereocenters. The molecule has 8 nitrogen and oxygen atoms in total. The van der Waals surface area contributed by atoms with E-state index in [1.54, 1.807) is 24.3 Å². The summed E-state index contributed by atoms with van der Waals surface area (Å²) in [6.07, 6.45) is 0. The topological polar surface area (TPSA) is 105 Å². The van der Waals surface area contributed by atoms with Crippen LogP contribution in [0.5, 0.6) is 11.5 Å². The summed E-state index contributed by atoms with van der Waals surface area (Å²) in [5.41, 5.74) is 1.30. The average Bonchev–Trinajstić information content (AvgIpc) is 2.71. The van der Waals surface area contributed by atoms with Crippen LogP contribution in [0.25, 0.3) is 0 Å². The van der Waals surface area contributed by atoms with Gasteiger partial charge in [0, 0.05) is 12.1 Å². The number of ether oxygens (including phenoxy) is 2. The van der Waals surface area contributed by atoms with Crippen molar-refractivity contribution in [1.29, 1.82) is 0 Å². The van der Waals surface area contributed by atoms with E-state index in [0.29, 0.717) is 0 Å². The molecule has 8 heteroatoms. The number of nitrogens with zero attached hydrogens (tertiary/aromatic N) is 2. The normalized spacial score (nSPS) is 10.3. The molecule has 0 aliphatic rings. The van der Waals surface area contributed by atoms with Crippen LogP contribution in [0.1, 0.15) is 11.1 Å². The number of rotatable bonds is 8. The van der Waals surface area contributed by atoms with Crippen LogP contribution < -0.4 is 9.47 Å². The smallest absolute Gasteiger partial charge is 0.310 e. The first kappa shape index (κ1) is 18.8. The Kier molecular flexibility index (Phi) is 5.81. The zero-order valence-electron chi connectivity index (χ0n) is 14.7. The molecule has 0 aliphatic carbocycles. The first-order valence-electron chi connectivity index (χ1n) is 8.35. The first-order chi connectivity index (χ1) is 13.6. The van der Waals surface area contributed by atoms with Crippen molar-refractivity contribution in [3.63, 3.8) is 0 Å². The standard InChI is InChI=1S/C20H16N2O6/c23-21(24)17-9-3-5-11-19(17)27-13-15-7-1-2-8-16(15)14-28-20-12-6-4-10-18(20)22(25)26/h1-12H,13-14H2. The van der Waals surface area contributed by atoms with Crippen molar-refractivity contribution in [3.05, 3.63) is 104 Å². The molecule has 0 aromatic heterocycles. The van der Waals surface area contributed by atoms with Crippen LogP contribution in [0.2, 0.25) is 0 Å². The van der Waals surface area contributed by atoms with Crippen LogP contribution >= 0.6 is 0 Å². The van der Waals surface area contributed by atoms with E-state index in [-0.39, 0.29) is 36.1 Å². The predicted octanol–water partition coefficient (Wildman–Crippen LogP) is 4.66. The molecule has 0 N–H and O–H groups in total. The quantitative estimate of drug-likeness (QED) is 0.416. The number of hydrogen-bond acceptors (Lipinski definition) is 6. The summed E-state index contributed by atoms with van der Waals surface area (Å²) in [4.78, 5) is 21.2. The van der Waals surface area contributed by atoms with Crippen molar-refractivity contribution in [3.8, 4) is 11.5 Å². The van der Waals surface area contributed by atoms with E-state index in [9.17, 15) is 20.2 Å². The molecule has 3 aromatic carbocycles. The summed E-state index contributed by atoms with van der Waals surface area (Å²) >= 11 is 0. The molecule has 3 rings (SSSR count). The second-order valence-electron chi connectivity index (χ2n) is 5.80. The largest absolute Gasteiger partial charge is 0.482 e. The number of nitro benzene ring substituents is 2. The van der Waals surface area contributed by atoms with Gasteiger partial charge in [0.1, 0.15) is 13.2 Å². The first-order valence-corrected chi connectivity index (χ1v) is 8.35. The summed E-state index contributed by atoms with van der Waals surface area (Å²) in [7, 11) is 0. The maximum atomic E-state index is 11.1. The fraction of sp³-hybridized carbons (Fsp3) is 0.100. The van der Waals surface area contributed by atoms with Crippen molar-refractivity contribution >= 4 is 11.4 Å². The van der Waals surface area contributed by atoms with Gasteiger partial charge in [-0.25, -0.2) is 0 Å². The zero-order chi connectivity index (χ0) is 19.9. The van der Waals surface area contributed by atoms with Gasteiger partial charge in [0.25, 0.3) is 0 Å². The van der Waals surface area contributed by atoms with Gasteiger partial charge in [-0.1, -0.05) is 48.5 Å². The van der Waals surface area contributed by atoms with Crippen LogP contribution in [-0.4, -0.2) is 9.85 Å². The molecule has 0 bridgehead atoms. The van der Waals surface area contributed by atoms with E-state index >= 15 is 0 Å². The fourth-order valence-electron chi connectivity index (χ4n) is 2.61. The molecule has 0 aliphatic heterocycles. The maximum Gasteiger partial charge on any atom is 0.310 e. The lowest BCUT2D eigenvalue weighted by molar-refractivity contribution is -0.386. The molecule has 142 valence electrons. The SMILES string of the molecule is O=[N+]([O-])c1ccccc1OCc1ccccc1COc1ccccc1[N+](=O)[O-]. The van der Waals surface area contributed by atoms with Gasteiger partial charge in [0.05, 0.1) is 9.85 Å². The molecule has 0 saturated carbocycles. The highest BCUT2D eigenvalue weighted by atomic mass is 16.6. The summed E-state index contributed by atoms with van der Waals surface area (Å²) in [6.45, 7) is 0.197. The van der Waals surface area contributed by atoms with Crippen molar-refractivity contribution in [2.45, 2.75) is 13.2 Å². The van der Waals surface area contributed by atoms with Crippen molar-refractivity contribution in [2.24, 2.45) is 0 Å². The highest BCUT2D eigenvalue weighted by molar-refractivity contribution is 5.47. The fourth-order valence-corrected chi connectivity index (χ4v) is 2.61. The molecule has 0 amide bonds. The summed E-state index contributed by atoms with van der Waals surface area (Å²) in [5.74, 6) is 0.337. The van der Waals surface area contributed by atoms with Gasteiger partial charge in [-0.2, -0.15) is 0 Å². The molecule has 28 heavy (non-hydrogen) atoms. The Morgan fingerprint density at radius 2 is 0.964 bits per heavy atom. The maximum absolute atomic E-state index is 11.1. The van der Waals surface area contributed by atoms with Gasteiger partial charge in [0.2, 0.25) is 0 Å². The number of nitro groups is 2. The second kappa shape index (κ2) is 8.63. The average molecular weight is 380 g/mol. The van der Waals surface area contributed by atoms with Gasteiger partial charge in [-0.05, 0) is 23.3 Å².